The Kier molecular flexibility index (Phi) is 16.6. The number of nitrogens with one attached hydrogen (secondary N) is 2. The Bertz CT molecular complexity index is 1010. The van der Waals surface area contributed by atoms with E-state index in [0.717, 1.165) is 31.7 Å². The summed E-state index contributed by atoms with van der Waals surface area (Å²) < 4.78 is 15.9. The molecule has 222 valence electrons. The summed E-state index contributed by atoms with van der Waals surface area (Å²) in [5, 5.41) is 5.43. The number of carbonyl (C=O) groups excluding carboxylic acids is 3. The average molecular weight is 561 g/mol. The number of likely N-dealkylation sites (N-methyl/N-ethyl adjacent to an activating group) is 1. The Morgan fingerprint density at radius 3 is 2.00 bits per heavy atom. The molecule has 2 aromatic rings. The first kappa shape index (κ1) is 34.3. The van der Waals surface area contributed by atoms with Crippen LogP contribution in [-0.2, 0) is 20.8 Å². The number of benzene rings is 2. The van der Waals surface area contributed by atoms with Crippen LogP contribution in [-0.4, -0.2) is 89.6 Å². The molecular weight excluding hydrogens is 516 g/mol. The predicted molar refractivity (Wildman–Crippen MR) is 156 cm³/mol. The van der Waals surface area contributed by atoms with Crippen molar-refractivity contribution in [3.05, 3.63) is 48.0 Å². The third-order valence-corrected chi connectivity index (χ3v) is 5.84. The molecule has 12 heteroatoms. The first-order valence-corrected chi connectivity index (χ1v) is 13.0. The topological polar surface area (TPSA) is 184 Å². The van der Waals surface area contributed by atoms with Gasteiger partial charge in [-0.1, -0.05) is 30.3 Å². The van der Waals surface area contributed by atoms with Gasteiger partial charge in [-0.2, -0.15) is 0 Å². The van der Waals surface area contributed by atoms with E-state index in [1.54, 1.807) is 12.1 Å². The Morgan fingerprint density at radius 2 is 1.52 bits per heavy atom. The van der Waals surface area contributed by atoms with Crippen LogP contribution >= 0.6 is 0 Å². The minimum absolute atomic E-state index is 0.133. The number of anilines is 1. The Balaban J connectivity index is 0.000000869. The number of aryl methyl sites for hydroxylation is 1. The predicted octanol–water partition coefficient (Wildman–Crippen LogP) is 0.520. The lowest BCUT2D eigenvalue weighted by Crippen LogP contribution is -2.50. The van der Waals surface area contributed by atoms with Crippen molar-refractivity contribution in [1.82, 2.24) is 10.2 Å². The summed E-state index contributed by atoms with van der Waals surface area (Å²) in [6, 6.07) is 10.9. The quantitative estimate of drug-likeness (QED) is 0.181. The molecule has 0 saturated heterocycles. The minimum Gasteiger partial charge on any atom is -0.493 e. The van der Waals surface area contributed by atoms with E-state index in [2.05, 4.69) is 15.5 Å². The lowest BCUT2D eigenvalue weighted by atomic mass is 10.0. The fraction of sp³-hybridized carbons (Fsp3) is 0.464. The molecule has 40 heavy (non-hydrogen) atoms. The maximum atomic E-state index is 13.1. The van der Waals surface area contributed by atoms with Crippen LogP contribution < -0.4 is 42.0 Å². The molecule has 0 aliphatic rings. The zero-order valence-electron chi connectivity index (χ0n) is 23.9. The van der Waals surface area contributed by atoms with Gasteiger partial charge in [0, 0.05) is 50.4 Å². The normalized spacial score (nSPS) is 11.9. The van der Waals surface area contributed by atoms with Gasteiger partial charge in [0.05, 0.1) is 27.4 Å². The summed E-state index contributed by atoms with van der Waals surface area (Å²) in [7, 11) is 6.44. The van der Waals surface area contributed by atoms with Gasteiger partial charge < -0.3 is 51.7 Å². The fourth-order valence-electron chi connectivity index (χ4n) is 3.65. The second-order valence-electron chi connectivity index (χ2n) is 8.88. The smallest absolute Gasteiger partial charge is 0.246 e. The van der Waals surface area contributed by atoms with Gasteiger partial charge in [0.1, 0.15) is 12.3 Å². The number of aldehydes is 1. The zero-order chi connectivity index (χ0) is 29.9. The summed E-state index contributed by atoms with van der Waals surface area (Å²) >= 11 is 0. The second-order valence-corrected chi connectivity index (χ2v) is 8.88. The van der Waals surface area contributed by atoms with Crippen LogP contribution in [0.25, 0.3) is 0 Å². The number of hydrogen-bond acceptors (Lipinski definition) is 10. The van der Waals surface area contributed by atoms with E-state index >= 15 is 0 Å². The van der Waals surface area contributed by atoms with Crippen molar-refractivity contribution in [2.45, 2.75) is 31.3 Å². The standard InChI is InChI=1S/C23H29N3O6.C5H15N3/c1-30-19-13-16(14-20(31-2)21(19)32-3)25-23(29)18(26-22(28)17(24)11-12-27)10-9-15-7-5-4-6-8-15;1-8(4-2-6)5-3-7/h4-8,12-14,17-18H,9-11,24H2,1-3H3,(H,25,29)(H,26,28);2-7H2,1H3. The first-order valence-electron chi connectivity index (χ1n) is 13.0. The number of hydrogen-bond donors (Lipinski definition) is 5. The Hall–Kier alpha value is -3.71. The van der Waals surface area contributed by atoms with Gasteiger partial charge in [-0.25, -0.2) is 0 Å². The van der Waals surface area contributed by atoms with Crippen LogP contribution in [0.5, 0.6) is 17.2 Å². The maximum Gasteiger partial charge on any atom is 0.246 e. The first-order chi connectivity index (χ1) is 19.2. The third kappa shape index (κ3) is 12.0. The van der Waals surface area contributed by atoms with E-state index in [4.69, 9.17) is 31.4 Å². The number of rotatable bonds is 16. The molecule has 2 unspecified atom stereocenters. The van der Waals surface area contributed by atoms with Crippen LogP contribution in [0.1, 0.15) is 18.4 Å². The molecule has 12 nitrogen and oxygen atoms in total. The molecule has 0 fully saturated rings. The highest BCUT2D eigenvalue weighted by Gasteiger charge is 2.24. The molecule has 2 rings (SSSR count). The molecule has 0 saturated carbocycles. The van der Waals surface area contributed by atoms with Crippen molar-refractivity contribution < 1.29 is 28.6 Å². The van der Waals surface area contributed by atoms with Crippen molar-refractivity contribution >= 4 is 23.8 Å². The van der Waals surface area contributed by atoms with E-state index in [0.29, 0.717) is 42.1 Å². The summed E-state index contributed by atoms with van der Waals surface area (Å²) in [6.45, 7) is 3.32. The van der Waals surface area contributed by atoms with E-state index in [-0.39, 0.29) is 6.42 Å². The highest BCUT2D eigenvalue weighted by atomic mass is 16.5. The molecule has 0 heterocycles. The van der Waals surface area contributed by atoms with Crippen molar-refractivity contribution in [3.8, 4) is 17.2 Å². The number of nitrogens with two attached hydrogens (primary N) is 3. The molecule has 0 spiro atoms. The molecule has 0 bridgehead atoms. The number of amides is 2. The van der Waals surface area contributed by atoms with E-state index < -0.39 is 23.9 Å². The molecule has 2 atom stereocenters. The van der Waals surface area contributed by atoms with Gasteiger partial charge in [0.15, 0.2) is 11.5 Å². The molecule has 0 radical (unpaired) electrons. The van der Waals surface area contributed by atoms with E-state index in [1.165, 1.54) is 21.3 Å². The van der Waals surface area contributed by atoms with E-state index in [9.17, 15) is 14.4 Å². The minimum atomic E-state index is -1.03. The van der Waals surface area contributed by atoms with Gasteiger partial charge in [-0.3, -0.25) is 9.59 Å². The molecule has 0 aliphatic carbocycles. The lowest BCUT2D eigenvalue weighted by molar-refractivity contribution is -0.128. The van der Waals surface area contributed by atoms with Crippen molar-refractivity contribution in [2.75, 3.05) is 59.9 Å². The summed E-state index contributed by atoms with van der Waals surface area (Å²) in [5.41, 5.74) is 17.7. The van der Waals surface area contributed by atoms with Crippen LogP contribution in [0, 0.1) is 0 Å². The van der Waals surface area contributed by atoms with Gasteiger partial charge in [0.2, 0.25) is 17.6 Å². The highest BCUT2D eigenvalue weighted by Crippen LogP contribution is 2.39. The number of carbonyl (C=O) groups is 3. The second kappa shape index (κ2) is 19.4. The largest absolute Gasteiger partial charge is 0.493 e. The highest BCUT2D eigenvalue weighted by molar-refractivity contribution is 5.98. The summed E-state index contributed by atoms with van der Waals surface area (Å²) in [5.74, 6) is 0.124. The van der Waals surface area contributed by atoms with Crippen LogP contribution in [0.15, 0.2) is 42.5 Å². The third-order valence-electron chi connectivity index (χ3n) is 5.84. The summed E-state index contributed by atoms with van der Waals surface area (Å²) in [6.07, 6.45) is 1.32. The average Bonchev–Trinajstić information content (AvgIpc) is 2.95. The Labute approximate surface area is 236 Å². The monoisotopic (exact) mass is 560 g/mol. The maximum absolute atomic E-state index is 13.1. The molecule has 2 aromatic carbocycles. The van der Waals surface area contributed by atoms with Gasteiger partial charge in [-0.15, -0.1) is 0 Å². The fourth-order valence-corrected chi connectivity index (χ4v) is 3.65. The zero-order valence-corrected chi connectivity index (χ0v) is 23.9. The molecule has 8 N–H and O–H groups in total. The molecule has 0 aliphatic heterocycles. The van der Waals surface area contributed by atoms with Crippen molar-refractivity contribution in [1.29, 1.82) is 0 Å². The van der Waals surface area contributed by atoms with Crippen LogP contribution in [0.2, 0.25) is 0 Å². The lowest BCUT2D eigenvalue weighted by Gasteiger charge is -2.21. The molecule has 0 aromatic heterocycles. The van der Waals surface area contributed by atoms with Gasteiger partial charge in [-0.05, 0) is 25.5 Å². The van der Waals surface area contributed by atoms with E-state index in [1.807, 2.05) is 37.4 Å². The molecular formula is C28H44N6O6. The summed E-state index contributed by atoms with van der Waals surface area (Å²) in [4.78, 5) is 38.2. The number of methoxy groups -OCH3 is 3. The molecule has 2 amide bonds. The van der Waals surface area contributed by atoms with Gasteiger partial charge >= 0.3 is 0 Å². The van der Waals surface area contributed by atoms with Crippen molar-refractivity contribution in [3.63, 3.8) is 0 Å². The van der Waals surface area contributed by atoms with Crippen LogP contribution in [0.4, 0.5) is 5.69 Å². The number of nitrogens with zero attached hydrogens (tertiary/aromatic N) is 1. The SMILES string of the molecule is CN(CCN)CCN.COc1cc(NC(=O)C(CCc2ccccc2)NC(=O)C(N)CC=O)cc(OC)c1OC. The number of ether oxygens (including phenoxy) is 3. The van der Waals surface area contributed by atoms with Crippen LogP contribution in [0.3, 0.4) is 0 Å². The Morgan fingerprint density at radius 1 is 0.950 bits per heavy atom. The van der Waals surface area contributed by atoms with Gasteiger partial charge in [0.25, 0.3) is 0 Å². The van der Waals surface area contributed by atoms with Crippen molar-refractivity contribution in [2.24, 2.45) is 17.2 Å².